The summed E-state index contributed by atoms with van der Waals surface area (Å²) in [5, 5.41) is 22.0. The molecule has 0 bridgehead atoms. The number of hydrogen-bond acceptors (Lipinski definition) is 5. The Labute approximate surface area is 108 Å². The molecule has 0 spiro atoms. The van der Waals surface area contributed by atoms with Gasteiger partial charge in [0.25, 0.3) is 5.91 Å². The van der Waals surface area contributed by atoms with Gasteiger partial charge in [-0.3, -0.25) is 9.78 Å². The molecule has 2 atom stereocenters. The van der Waals surface area contributed by atoms with Gasteiger partial charge in [0, 0.05) is 18.7 Å². The van der Waals surface area contributed by atoms with Crippen molar-refractivity contribution in [3.63, 3.8) is 0 Å². The molecule has 0 saturated heterocycles. The normalized spacial score (nSPS) is 18.3. The average molecular weight is 262 g/mol. The highest BCUT2D eigenvalue weighted by atomic mass is 16.5. The van der Waals surface area contributed by atoms with E-state index in [4.69, 9.17) is 15.1 Å². The molecule has 2 amide bonds. The number of carbonyl (C=O) groups excluding carboxylic acids is 1. The molecule has 1 aromatic rings. The van der Waals surface area contributed by atoms with E-state index < -0.39 is 24.1 Å². The van der Waals surface area contributed by atoms with Crippen molar-refractivity contribution in [2.75, 3.05) is 5.32 Å². The maximum Gasteiger partial charge on any atom is 0.405 e. The molecular weight excluding hydrogens is 252 g/mol. The zero-order valence-electron chi connectivity index (χ0n) is 9.66. The van der Waals surface area contributed by atoms with Crippen LogP contribution in [0.3, 0.4) is 0 Å². The van der Waals surface area contributed by atoms with E-state index in [9.17, 15) is 9.59 Å². The number of amides is 2. The zero-order chi connectivity index (χ0) is 13.8. The number of nitriles is 1. The molecule has 2 heterocycles. The highest BCUT2D eigenvalue weighted by Gasteiger charge is 2.30. The summed E-state index contributed by atoms with van der Waals surface area (Å²) in [7, 11) is 0. The first-order chi connectivity index (χ1) is 9.10. The number of fused-ring (bicyclic) bond motifs is 1. The molecule has 0 radical (unpaired) electrons. The largest absolute Gasteiger partial charge is 0.478 e. The van der Waals surface area contributed by atoms with Gasteiger partial charge in [-0.15, -0.1) is 0 Å². The molecule has 19 heavy (non-hydrogen) atoms. The number of carboxylic acid groups (broad SMARTS) is 1. The number of anilines is 1. The van der Waals surface area contributed by atoms with Crippen LogP contribution in [0, 0.1) is 11.3 Å². The summed E-state index contributed by atoms with van der Waals surface area (Å²) >= 11 is 0. The lowest BCUT2D eigenvalue weighted by atomic mass is 10.1. The summed E-state index contributed by atoms with van der Waals surface area (Å²) < 4.78 is 5.42. The maximum absolute atomic E-state index is 11.7. The van der Waals surface area contributed by atoms with Gasteiger partial charge in [0.05, 0.1) is 12.3 Å². The monoisotopic (exact) mass is 262 g/mol. The lowest BCUT2D eigenvalue weighted by Gasteiger charge is -2.26. The second-order valence-corrected chi connectivity index (χ2v) is 3.83. The fourth-order valence-electron chi connectivity index (χ4n) is 1.66. The minimum absolute atomic E-state index is 0.0730. The van der Waals surface area contributed by atoms with Crippen molar-refractivity contribution in [1.29, 1.82) is 5.26 Å². The summed E-state index contributed by atoms with van der Waals surface area (Å²) in [6, 6.07) is 2.32. The predicted octanol–water partition coefficient (Wildman–Crippen LogP) is 0.331. The number of carbonyl (C=O) groups is 2. The van der Waals surface area contributed by atoms with Crippen LogP contribution in [0.25, 0.3) is 0 Å². The van der Waals surface area contributed by atoms with Crippen molar-refractivity contribution in [1.82, 2.24) is 10.3 Å². The molecule has 98 valence electrons. The molecule has 0 aromatic carbocycles. The molecule has 0 aliphatic carbocycles. The Morgan fingerprint density at radius 3 is 3.21 bits per heavy atom. The molecule has 2 rings (SSSR count). The van der Waals surface area contributed by atoms with Gasteiger partial charge in [-0.25, -0.2) is 4.79 Å². The Morgan fingerprint density at radius 1 is 1.74 bits per heavy atom. The number of ether oxygens (including phenoxy) is 1. The van der Waals surface area contributed by atoms with Crippen molar-refractivity contribution in [3.8, 4) is 11.8 Å². The van der Waals surface area contributed by atoms with E-state index in [2.05, 4.69) is 10.3 Å². The molecule has 0 saturated carbocycles. The highest BCUT2D eigenvalue weighted by Crippen LogP contribution is 2.28. The van der Waals surface area contributed by atoms with Crippen LogP contribution in [0.5, 0.6) is 5.75 Å². The van der Waals surface area contributed by atoms with Gasteiger partial charge in [-0.1, -0.05) is 0 Å². The first-order valence-corrected chi connectivity index (χ1v) is 5.40. The van der Waals surface area contributed by atoms with Gasteiger partial charge in [-0.2, -0.15) is 5.26 Å². The Kier molecular flexibility index (Phi) is 3.47. The van der Waals surface area contributed by atoms with E-state index in [1.54, 1.807) is 12.1 Å². The number of pyridine rings is 1. The van der Waals surface area contributed by atoms with Crippen LogP contribution in [0.4, 0.5) is 10.5 Å². The van der Waals surface area contributed by atoms with Gasteiger partial charge in [-0.05, 0) is 0 Å². The van der Waals surface area contributed by atoms with Crippen LogP contribution >= 0.6 is 0 Å². The second kappa shape index (κ2) is 5.22. The van der Waals surface area contributed by atoms with E-state index in [1.807, 2.05) is 5.32 Å². The summed E-state index contributed by atoms with van der Waals surface area (Å²) in [5.74, 6) is -0.000413. The quantitative estimate of drug-likeness (QED) is 0.721. The average Bonchev–Trinajstić information content (AvgIpc) is 2.38. The first-order valence-electron chi connectivity index (χ1n) is 5.40. The molecule has 0 unspecified atom stereocenters. The third-order valence-electron chi connectivity index (χ3n) is 2.50. The lowest BCUT2D eigenvalue weighted by molar-refractivity contribution is -0.123. The number of nitrogens with zero attached hydrogens (tertiary/aromatic N) is 2. The lowest BCUT2D eigenvalue weighted by Crippen LogP contribution is -2.43. The Bertz CT molecular complexity index is 554. The molecule has 3 N–H and O–H groups in total. The van der Waals surface area contributed by atoms with Crippen LogP contribution in [-0.4, -0.2) is 34.2 Å². The minimum atomic E-state index is -1.33. The summed E-state index contributed by atoms with van der Waals surface area (Å²) in [6.45, 7) is 0. The molecule has 1 aliphatic heterocycles. The minimum Gasteiger partial charge on any atom is -0.478 e. The van der Waals surface area contributed by atoms with Gasteiger partial charge in [0.1, 0.15) is 17.5 Å². The number of rotatable bonds is 3. The van der Waals surface area contributed by atoms with Gasteiger partial charge in [0.15, 0.2) is 6.10 Å². The van der Waals surface area contributed by atoms with Crippen molar-refractivity contribution in [3.05, 3.63) is 18.5 Å². The van der Waals surface area contributed by atoms with Crippen LogP contribution in [0.2, 0.25) is 0 Å². The Hall–Kier alpha value is -2.82. The number of aromatic nitrogens is 1. The standard InChI is InChI=1S/C11H10N4O4/c12-4-6(14-11(17)18)3-9-10(16)15-7-5-13-2-1-8(7)19-9/h1-2,5-6,9,14H,3H2,(H,15,16)(H,17,18)/t6-,9-/m0/s1. The third-order valence-corrected chi connectivity index (χ3v) is 2.50. The van der Waals surface area contributed by atoms with Crippen LogP contribution in [0.1, 0.15) is 6.42 Å². The molecule has 0 fully saturated rings. The SMILES string of the molecule is N#C[C@H](C[C@@H]1Oc2ccncc2NC1=O)NC(=O)O. The fraction of sp³-hybridized carbons (Fsp3) is 0.273. The Morgan fingerprint density at radius 2 is 2.53 bits per heavy atom. The van der Waals surface area contributed by atoms with Crippen LogP contribution in [-0.2, 0) is 4.79 Å². The predicted molar refractivity (Wildman–Crippen MR) is 62.5 cm³/mol. The fourth-order valence-corrected chi connectivity index (χ4v) is 1.66. The van der Waals surface area contributed by atoms with Gasteiger partial charge in [0.2, 0.25) is 0 Å². The van der Waals surface area contributed by atoms with Crippen LogP contribution < -0.4 is 15.4 Å². The number of nitrogens with one attached hydrogen (secondary N) is 2. The van der Waals surface area contributed by atoms with Crippen molar-refractivity contribution in [2.24, 2.45) is 0 Å². The topological polar surface area (TPSA) is 124 Å². The zero-order valence-corrected chi connectivity index (χ0v) is 9.66. The van der Waals surface area contributed by atoms with Gasteiger partial charge < -0.3 is 20.5 Å². The molecule has 1 aromatic heterocycles. The summed E-state index contributed by atoms with van der Waals surface area (Å²) in [4.78, 5) is 26.1. The number of hydrogen-bond donors (Lipinski definition) is 3. The Balaban J connectivity index is 2.08. The highest BCUT2D eigenvalue weighted by molar-refractivity contribution is 5.97. The van der Waals surface area contributed by atoms with E-state index >= 15 is 0 Å². The van der Waals surface area contributed by atoms with E-state index in [-0.39, 0.29) is 6.42 Å². The van der Waals surface area contributed by atoms with Gasteiger partial charge >= 0.3 is 6.09 Å². The van der Waals surface area contributed by atoms with E-state index in [0.29, 0.717) is 11.4 Å². The summed E-state index contributed by atoms with van der Waals surface area (Å²) in [6.07, 6.45) is 0.626. The molecule has 8 heteroatoms. The van der Waals surface area contributed by atoms with E-state index in [0.717, 1.165) is 0 Å². The van der Waals surface area contributed by atoms with Crippen molar-refractivity contribution >= 4 is 17.7 Å². The third kappa shape index (κ3) is 2.90. The second-order valence-electron chi connectivity index (χ2n) is 3.83. The first kappa shape index (κ1) is 12.6. The van der Waals surface area contributed by atoms with Crippen molar-refractivity contribution < 1.29 is 19.4 Å². The van der Waals surface area contributed by atoms with E-state index in [1.165, 1.54) is 12.4 Å². The smallest absolute Gasteiger partial charge is 0.405 e. The molecule has 1 aliphatic rings. The van der Waals surface area contributed by atoms with Crippen molar-refractivity contribution in [2.45, 2.75) is 18.6 Å². The molecule has 8 nitrogen and oxygen atoms in total. The molecular formula is C11H10N4O4. The van der Waals surface area contributed by atoms with Crippen LogP contribution in [0.15, 0.2) is 18.5 Å². The maximum atomic E-state index is 11.7. The summed E-state index contributed by atoms with van der Waals surface area (Å²) in [5.41, 5.74) is 0.448.